The van der Waals surface area contributed by atoms with Crippen molar-refractivity contribution in [2.24, 2.45) is 0 Å². The smallest absolute Gasteiger partial charge is 0.328 e. The molecule has 16 heavy (non-hydrogen) atoms. The van der Waals surface area contributed by atoms with Crippen LogP contribution >= 0.6 is 0 Å². The average molecular weight is 222 g/mol. The Morgan fingerprint density at radius 2 is 1.44 bits per heavy atom. The van der Waals surface area contributed by atoms with E-state index in [0.29, 0.717) is 0 Å². The summed E-state index contributed by atoms with van der Waals surface area (Å²) < 4.78 is 0. The van der Waals surface area contributed by atoms with Gasteiger partial charge in [0.2, 0.25) is 0 Å². The molecule has 0 bridgehead atoms. The third kappa shape index (κ3) is 10.5. The molecule has 0 atom stereocenters. The highest BCUT2D eigenvalue weighted by Crippen LogP contribution is 2.02. The lowest BCUT2D eigenvalue weighted by atomic mass is 10.1. The van der Waals surface area contributed by atoms with E-state index in [1.54, 1.807) is 6.08 Å². The van der Waals surface area contributed by atoms with E-state index in [0.717, 1.165) is 17.2 Å². The summed E-state index contributed by atoms with van der Waals surface area (Å²) in [6.45, 7) is 9.82. The van der Waals surface area contributed by atoms with E-state index in [-0.39, 0.29) is 0 Å². The SMILES string of the molecule is CC.C\C=C(C)/C=C\C(\C=C\C(=O)O)=C/C. The molecule has 0 heterocycles. The first-order chi connectivity index (χ1) is 7.60. The maximum Gasteiger partial charge on any atom is 0.328 e. The predicted molar refractivity (Wildman–Crippen MR) is 70.5 cm³/mol. The van der Waals surface area contributed by atoms with E-state index >= 15 is 0 Å². The molecule has 0 saturated heterocycles. The highest BCUT2D eigenvalue weighted by molar-refractivity contribution is 5.80. The van der Waals surface area contributed by atoms with Gasteiger partial charge in [-0.05, 0) is 32.4 Å². The first-order valence-electron chi connectivity index (χ1n) is 5.48. The molecule has 0 aliphatic rings. The molecule has 2 heteroatoms. The summed E-state index contributed by atoms with van der Waals surface area (Å²) in [6, 6.07) is 0. The van der Waals surface area contributed by atoms with Crippen molar-refractivity contribution in [2.45, 2.75) is 34.6 Å². The zero-order valence-corrected chi connectivity index (χ0v) is 10.8. The van der Waals surface area contributed by atoms with Gasteiger partial charge in [0.15, 0.2) is 0 Å². The lowest BCUT2D eigenvalue weighted by Gasteiger charge is -1.92. The van der Waals surface area contributed by atoms with Crippen molar-refractivity contribution in [3.63, 3.8) is 0 Å². The van der Waals surface area contributed by atoms with Crippen LogP contribution in [0.5, 0.6) is 0 Å². The standard InChI is InChI=1S/C12H16O2.C2H6/c1-4-10(3)6-7-11(5-2)8-9-12(13)14;1-2/h4-9H,1-3H3,(H,13,14);1-2H3/b7-6-,9-8+,10-4-,11-5+;. The van der Waals surface area contributed by atoms with Gasteiger partial charge in [0.25, 0.3) is 0 Å². The molecule has 2 nitrogen and oxygen atoms in total. The molecule has 0 aromatic rings. The minimum atomic E-state index is -0.930. The number of carboxylic acid groups (broad SMARTS) is 1. The highest BCUT2D eigenvalue weighted by atomic mass is 16.4. The Labute approximate surface area is 98.7 Å². The van der Waals surface area contributed by atoms with Gasteiger partial charge in [0.1, 0.15) is 0 Å². The summed E-state index contributed by atoms with van der Waals surface area (Å²) in [5, 5.41) is 8.43. The molecule has 0 aromatic carbocycles. The van der Waals surface area contributed by atoms with Gasteiger partial charge in [0.05, 0.1) is 0 Å². The van der Waals surface area contributed by atoms with Crippen LogP contribution in [0.1, 0.15) is 34.6 Å². The fraction of sp³-hybridized carbons (Fsp3) is 0.357. The largest absolute Gasteiger partial charge is 0.478 e. The first-order valence-corrected chi connectivity index (χ1v) is 5.48. The van der Waals surface area contributed by atoms with Crippen molar-refractivity contribution >= 4 is 5.97 Å². The van der Waals surface area contributed by atoms with Crippen LogP contribution in [0.4, 0.5) is 0 Å². The van der Waals surface area contributed by atoms with Crippen LogP contribution < -0.4 is 0 Å². The van der Waals surface area contributed by atoms with Gasteiger partial charge in [-0.25, -0.2) is 4.79 Å². The summed E-state index contributed by atoms with van der Waals surface area (Å²) in [5.74, 6) is -0.930. The van der Waals surface area contributed by atoms with E-state index in [2.05, 4.69) is 0 Å². The molecule has 0 amide bonds. The second-order valence-corrected chi connectivity index (χ2v) is 2.83. The average Bonchev–Trinajstić information content (AvgIpc) is 2.31. The topological polar surface area (TPSA) is 37.3 Å². The Hall–Kier alpha value is -1.57. The molecule has 0 unspecified atom stereocenters. The summed E-state index contributed by atoms with van der Waals surface area (Å²) >= 11 is 0. The fourth-order valence-corrected chi connectivity index (χ4v) is 0.739. The fourth-order valence-electron chi connectivity index (χ4n) is 0.739. The Morgan fingerprint density at radius 3 is 1.81 bits per heavy atom. The molecule has 90 valence electrons. The number of carboxylic acids is 1. The van der Waals surface area contributed by atoms with Gasteiger partial charge in [-0.3, -0.25) is 0 Å². The van der Waals surface area contributed by atoms with Gasteiger partial charge in [-0.2, -0.15) is 0 Å². The number of aliphatic carboxylic acids is 1. The molecule has 0 rings (SSSR count). The normalized spacial score (nSPS) is 12.8. The van der Waals surface area contributed by atoms with Gasteiger partial charge in [-0.1, -0.05) is 43.7 Å². The van der Waals surface area contributed by atoms with Crippen molar-refractivity contribution in [3.8, 4) is 0 Å². The second-order valence-electron chi connectivity index (χ2n) is 2.83. The Morgan fingerprint density at radius 1 is 0.938 bits per heavy atom. The molecule has 0 aromatic heterocycles. The molecule has 1 N–H and O–H groups in total. The van der Waals surface area contributed by atoms with Crippen LogP contribution in [0.2, 0.25) is 0 Å². The Balaban J connectivity index is 0. The van der Waals surface area contributed by atoms with Gasteiger partial charge in [-0.15, -0.1) is 0 Å². The lowest BCUT2D eigenvalue weighted by molar-refractivity contribution is -0.131. The predicted octanol–water partition coefficient (Wildman–Crippen LogP) is 4.12. The molecule has 0 saturated carbocycles. The monoisotopic (exact) mass is 222 g/mol. The molecule has 0 aliphatic heterocycles. The number of carbonyl (C=O) groups is 1. The van der Waals surface area contributed by atoms with Crippen molar-refractivity contribution in [3.05, 3.63) is 47.6 Å². The first kappa shape index (κ1) is 16.8. The summed E-state index contributed by atoms with van der Waals surface area (Å²) in [6.07, 6.45) is 10.4. The molecular weight excluding hydrogens is 200 g/mol. The van der Waals surface area contributed by atoms with Crippen LogP contribution in [0.25, 0.3) is 0 Å². The van der Waals surface area contributed by atoms with Gasteiger partial charge < -0.3 is 5.11 Å². The van der Waals surface area contributed by atoms with Crippen molar-refractivity contribution in [1.29, 1.82) is 0 Å². The second kappa shape index (κ2) is 11.5. The third-order valence-corrected chi connectivity index (χ3v) is 1.75. The highest BCUT2D eigenvalue weighted by Gasteiger charge is 1.87. The van der Waals surface area contributed by atoms with Gasteiger partial charge in [0, 0.05) is 6.08 Å². The number of hydrogen-bond acceptors (Lipinski definition) is 1. The third-order valence-electron chi connectivity index (χ3n) is 1.75. The molecule has 0 fully saturated rings. The number of allylic oxidation sites excluding steroid dienone is 7. The molecule has 0 radical (unpaired) electrons. The quantitative estimate of drug-likeness (QED) is 0.574. The number of rotatable bonds is 4. The molecular formula is C14H22O2. The van der Waals surface area contributed by atoms with Crippen LogP contribution in [0.15, 0.2) is 47.6 Å². The van der Waals surface area contributed by atoms with Gasteiger partial charge >= 0.3 is 5.97 Å². The maximum absolute atomic E-state index is 10.3. The van der Waals surface area contributed by atoms with E-state index < -0.39 is 5.97 Å². The summed E-state index contributed by atoms with van der Waals surface area (Å²) in [5.41, 5.74) is 2.03. The zero-order valence-electron chi connectivity index (χ0n) is 10.8. The van der Waals surface area contributed by atoms with E-state index in [4.69, 9.17) is 5.11 Å². The Kier molecular flexibility index (Phi) is 12.1. The van der Waals surface area contributed by atoms with Crippen LogP contribution in [0, 0.1) is 0 Å². The molecule has 0 spiro atoms. The lowest BCUT2D eigenvalue weighted by Crippen LogP contribution is -1.86. The Bertz CT molecular complexity index is 305. The zero-order chi connectivity index (χ0) is 13.0. The summed E-state index contributed by atoms with van der Waals surface area (Å²) in [4.78, 5) is 10.3. The van der Waals surface area contributed by atoms with Crippen LogP contribution in [-0.4, -0.2) is 11.1 Å². The summed E-state index contributed by atoms with van der Waals surface area (Å²) in [7, 11) is 0. The maximum atomic E-state index is 10.3. The van der Waals surface area contributed by atoms with Crippen LogP contribution in [0.3, 0.4) is 0 Å². The van der Waals surface area contributed by atoms with Crippen molar-refractivity contribution < 1.29 is 9.90 Å². The van der Waals surface area contributed by atoms with E-state index in [1.165, 1.54) is 0 Å². The van der Waals surface area contributed by atoms with Crippen molar-refractivity contribution in [2.75, 3.05) is 0 Å². The van der Waals surface area contributed by atoms with Crippen molar-refractivity contribution in [1.82, 2.24) is 0 Å². The minimum absolute atomic E-state index is 0.883. The molecule has 0 aliphatic carbocycles. The number of hydrogen-bond donors (Lipinski definition) is 1. The van der Waals surface area contributed by atoms with E-state index in [1.807, 2.05) is 58.9 Å². The van der Waals surface area contributed by atoms with E-state index in [9.17, 15) is 4.79 Å². The van der Waals surface area contributed by atoms with Crippen LogP contribution in [-0.2, 0) is 4.79 Å². The minimum Gasteiger partial charge on any atom is -0.478 e.